The van der Waals surface area contributed by atoms with Crippen LogP contribution in [0.3, 0.4) is 0 Å². The number of esters is 1. The van der Waals surface area contributed by atoms with Crippen molar-refractivity contribution in [1.82, 2.24) is 0 Å². The van der Waals surface area contributed by atoms with E-state index in [2.05, 4.69) is 45.0 Å². The number of hydrogen-bond acceptors (Lipinski definition) is 2. The van der Waals surface area contributed by atoms with Crippen LogP contribution in [0.4, 0.5) is 0 Å². The van der Waals surface area contributed by atoms with E-state index >= 15 is 0 Å². The first-order valence-corrected chi connectivity index (χ1v) is 10.2. The highest BCUT2D eigenvalue weighted by atomic mass is 16.5. The highest BCUT2D eigenvalue weighted by Crippen LogP contribution is 2.47. The second kappa shape index (κ2) is 8.29. The zero-order valence-electron chi connectivity index (χ0n) is 17.1. The molecule has 0 aromatic heterocycles. The minimum absolute atomic E-state index is 0.00536. The van der Waals surface area contributed by atoms with Crippen LogP contribution < -0.4 is 0 Å². The van der Waals surface area contributed by atoms with E-state index in [-0.39, 0.29) is 17.5 Å². The van der Waals surface area contributed by atoms with Gasteiger partial charge in [-0.05, 0) is 69.6 Å². The minimum Gasteiger partial charge on any atom is -0.458 e. The smallest absolute Gasteiger partial charge is 0.338 e. The van der Waals surface area contributed by atoms with Gasteiger partial charge in [-0.3, -0.25) is 0 Å². The molecule has 0 radical (unpaired) electrons. The lowest BCUT2D eigenvalue weighted by atomic mass is 9.72. The van der Waals surface area contributed by atoms with Crippen LogP contribution in [0.2, 0.25) is 0 Å². The fourth-order valence-corrected chi connectivity index (χ4v) is 4.69. The van der Waals surface area contributed by atoms with E-state index in [0.29, 0.717) is 11.5 Å². The Kier molecular flexibility index (Phi) is 6.04. The van der Waals surface area contributed by atoms with Crippen molar-refractivity contribution >= 4 is 5.97 Å². The predicted molar refractivity (Wildman–Crippen MR) is 111 cm³/mol. The molecule has 2 atom stereocenters. The molecule has 1 saturated carbocycles. The van der Waals surface area contributed by atoms with Gasteiger partial charge in [0.25, 0.3) is 0 Å². The Morgan fingerprint density at radius 3 is 2.52 bits per heavy atom. The highest BCUT2D eigenvalue weighted by Gasteiger charge is 2.45. The van der Waals surface area contributed by atoms with Crippen molar-refractivity contribution < 1.29 is 9.53 Å². The SMILES string of the molecule is Cc1ccc(CC2(CC(C)C)CCCC2OC(=O)c2cccc(C)c2)cc1. The standard InChI is InChI=1S/C25H32O2/c1-18(2)16-25(17-21-12-10-19(3)11-13-21)14-6-9-23(25)27-24(26)22-8-5-7-20(4)15-22/h5,7-8,10-13,15,18,23H,6,9,14,16-17H2,1-4H3. The molecule has 2 nitrogen and oxygen atoms in total. The van der Waals surface area contributed by atoms with Gasteiger partial charge in [0.2, 0.25) is 0 Å². The largest absolute Gasteiger partial charge is 0.458 e. The second-order valence-corrected chi connectivity index (χ2v) is 8.78. The zero-order valence-corrected chi connectivity index (χ0v) is 17.1. The monoisotopic (exact) mass is 364 g/mol. The van der Waals surface area contributed by atoms with Gasteiger partial charge in [0, 0.05) is 5.41 Å². The molecule has 1 aliphatic rings. The van der Waals surface area contributed by atoms with Gasteiger partial charge in [-0.25, -0.2) is 4.79 Å². The summed E-state index contributed by atoms with van der Waals surface area (Å²) in [6.45, 7) is 8.67. The van der Waals surface area contributed by atoms with Crippen LogP contribution >= 0.6 is 0 Å². The Morgan fingerprint density at radius 2 is 1.85 bits per heavy atom. The van der Waals surface area contributed by atoms with Gasteiger partial charge in [0.15, 0.2) is 0 Å². The average molecular weight is 365 g/mol. The van der Waals surface area contributed by atoms with E-state index in [0.717, 1.165) is 37.7 Å². The van der Waals surface area contributed by atoms with E-state index in [1.165, 1.54) is 11.1 Å². The molecular weight excluding hydrogens is 332 g/mol. The van der Waals surface area contributed by atoms with Crippen LogP contribution in [0, 0.1) is 25.2 Å². The summed E-state index contributed by atoms with van der Waals surface area (Å²) in [5.74, 6) is 0.399. The van der Waals surface area contributed by atoms with E-state index in [1.54, 1.807) is 0 Å². The molecule has 1 fully saturated rings. The molecule has 0 bridgehead atoms. The summed E-state index contributed by atoms with van der Waals surface area (Å²) in [5, 5.41) is 0. The molecule has 0 amide bonds. The molecule has 3 rings (SSSR count). The van der Waals surface area contributed by atoms with Gasteiger partial charge in [-0.15, -0.1) is 0 Å². The Balaban J connectivity index is 1.82. The molecule has 0 spiro atoms. The molecule has 2 unspecified atom stereocenters. The van der Waals surface area contributed by atoms with Crippen LogP contribution in [0.1, 0.15) is 66.6 Å². The predicted octanol–water partition coefficient (Wildman–Crippen LogP) is 6.29. The molecule has 2 aromatic carbocycles. The summed E-state index contributed by atoms with van der Waals surface area (Å²) in [6, 6.07) is 16.5. The summed E-state index contributed by atoms with van der Waals surface area (Å²) in [4.78, 5) is 12.8. The normalized spacial score (nSPS) is 22.2. The molecule has 2 heteroatoms. The van der Waals surface area contributed by atoms with Crippen molar-refractivity contribution in [1.29, 1.82) is 0 Å². The van der Waals surface area contributed by atoms with E-state index < -0.39 is 0 Å². The molecule has 2 aromatic rings. The van der Waals surface area contributed by atoms with Crippen LogP contribution in [0.25, 0.3) is 0 Å². The Morgan fingerprint density at radius 1 is 1.11 bits per heavy atom. The molecule has 27 heavy (non-hydrogen) atoms. The summed E-state index contributed by atoms with van der Waals surface area (Å²) in [5.41, 5.74) is 4.42. The number of carbonyl (C=O) groups is 1. The average Bonchev–Trinajstić information content (AvgIpc) is 2.98. The topological polar surface area (TPSA) is 26.3 Å². The lowest BCUT2D eigenvalue weighted by molar-refractivity contribution is -0.0126. The Labute approximate surface area is 164 Å². The minimum atomic E-state index is -0.178. The van der Waals surface area contributed by atoms with Crippen LogP contribution in [-0.2, 0) is 11.2 Å². The maximum atomic E-state index is 12.8. The molecule has 0 N–H and O–H groups in total. The van der Waals surface area contributed by atoms with Crippen LogP contribution in [0.15, 0.2) is 48.5 Å². The number of hydrogen-bond donors (Lipinski definition) is 0. The number of rotatable bonds is 6. The number of carbonyl (C=O) groups excluding carboxylic acids is 1. The third-order valence-electron chi connectivity index (χ3n) is 5.82. The first-order valence-electron chi connectivity index (χ1n) is 10.2. The summed E-state index contributed by atoms with van der Waals surface area (Å²) in [7, 11) is 0. The van der Waals surface area contributed by atoms with Gasteiger partial charge in [-0.2, -0.15) is 0 Å². The van der Waals surface area contributed by atoms with Crippen molar-refractivity contribution in [2.24, 2.45) is 11.3 Å². The molecule has 144 valence electrons. The number of aryl methyl sites for hydroxylation is 2. The third-order valence-corrected chi connectivity index (χ3v) is 5.82. The molecular formula is C25H32O2. The highest BCUT2D eigenvalue weighted by molar-refractivity contribution is 5.89. The van der Waals surface area contributed by atoms with Crippen LogP contribution in [-0.4, -0.2) is 12.1 Å². The fraction of sp³-hybridized carbons (Fsp3) is 0.480. The summed E-state index contributed by atoms with van der Waals surface area (Å²) >= 11 is 0. The van der Waals surface area contributed by atoms with Crippen molar-refractivity contribution in [3.05, 3.63) is 70.8 Å². The lowest BCUT2D eigenvalue weighted by Crippen LogP contribution is -2.37. The van der Waals surface area contributed by atoms with Crippen molar-refractivity contribution in [2.45, 2.75) is 65.9 Å². The van der Waals surface area contributed by atoms with E-state index in [4.69, 9.17) is 4.74 Å². The Bertz CT molecular complexity index is 775. The lowest BCUT2D eigenvalue weighted by Gasteiger charge is -2.37. The molecule has 0 saturated heterocycles. The molecule has 1 aliphatic carbocycles. The van der Waals surface area contributed by atoms with Gasteiger partial charge < -0.3 is 4.74 Å². The third kappa shape index (κ3) is 4.80. The van der Waals surface area contributed by atoms with Gasteiger partial charge in [-0.1, -0.05) is 61.4 Å². The first-order chi connectivity index (χ1) is 12.9. The zero-order chi connectivity index (χ0) is 19.4. The van der Waals surface area contributed by atoms with E-state index in [9.17, 15) is 4.79 Å². The molecule has 0 heterocycles. The second-order valence-electron chi connectivity index (χ2n) is 8.78. The first kappa shape index (κ1) is 19.7. The van der Waals surface area contributed by atoms with Gasteiger partial charge in [0.05, 0.1) is 5.56 Å². The van der Waals surface area contributed by atoms with Crippen molar-refractivity contribution in [2.75, 3.05) is 0 Å². The Hall–Kier alpha value is -2.09. The maximum Gasteiger partial charge on any atom is 0.338 e. The number of benzene rings is 2. The fourth-order valence-electron chi connectivity index (χ4n) is 4.69. The quantitative estimate of drug-likeness (QED) is 0.563. The number of ether oxygens (including phenoxy) is 1. The summed E-state index contributed by atoms with van der Waals surface area (Å²) in [6.07, 6.45) is 5.30. The van der Waals surface area contributed by atoms with Gasteiger partial charge in [0.1, 0.15) is 6.10 Å². The maximum absolute atomic E-state index is 12.8. The van der Waals surface area contributed by atoms with Gasteiger partial charge >= 0.3 is 5.97 Å². The van der Waals surface area contributed by atoms with Crippen molar-refractivity contribution in [3.8, 4) is 0 Å². The summed E-state index contributed by atoms with van der Waals surface area (Å²) < 4.78 is 6.13. The molecule has 0 aliphatic heterocycles. The van der Waals surface area contributed by atoms with E-state index in [1.807, 2.05) is 31.2 Å². The van der Waals surface area contributed by atoms with Crippen molar-refractivity contribution in [3.63, 3.8) is 0 Å². The van der Waals surface area contributed by atoms with Crippen LogP contribution in [0.5, 0.6) is 0 Å².